The summed E-state index contributed by atoms with van der Waals surface area (Å²) < 4.78 is 0. The lowest BCUT2D eigenvalue weighted by Gasteiger charge is -2.25. The molecular weight excluding hydrogens is 212 g/mol. The molecule has 0 aromatic heterocycles. The van der Waals surface area contributed by atoms with Gasteiger partial charge in [0.25, 0.3) is 0 Å². The van der Waals surface area contributed by atoms with Crippen LogP contribution in [0.5, 0.6) is 0 Å². The second kappa shape index (κ2) is 5.21. The molecule has 0 aliphatic carbocycles. The second-order valence-electron chi connectivity index (χ2n) is 5.06. The van der Waals surface area contributed by atoms with Crippen molar-refractivity contribution in [3.63, 3.8) is 0 Å². The van der Waals surface area contributed by atoms with Crippen LogP contribution in [0.3, 0.4) is 0 Å². The molecule has 3 N–H and O–H groups in total. The van der Waals surface area contributed by atoms with Gasteiger partial charge in [-0.3, -0.25) is 4.79 Å². The van der Waals surface area contributed by atoms with Crippen LogP contribution in [0.4, 0.5) is 5.69 Å². The van der Waals surface area contributed by atoms with Gasteiger partial charge >= 0.3 is 0 Å². The van der Waals surface area contributed by atoms with Gasteiger partial charge in [0.2, 0.25) is 5.91 Å². The maximum Gasteiger partial charge on any atom is 0.226 e. The number of hydrogen-bond donors (Lipinski definition) is 2. The van der Waals surface area contributed by atoms with E-state index in [0.29, 0.717) is 0 Å². The molecule has 0 radical (unpaired) electrons. The van der Waals surface area contributed by atoms with Crippen LogP contribution in [0.15, 0.2) is 24.3 Å². The third-order valence-corrected chi connectivity index (χ3v) is 3.31. The highest BCUT2D eigenvalue weighted by molar-refractivity contribution is 5.82. The van der Waals surface area contributed by atoms with Gasteiger partial charge in [-0.25, -0.2) is 0 Å². The summed E-state index contributed by atoms with van der Waals surface area (Å²) in [7, 11) is 0. The van der Waals surface area contributed by atoms with Gasteiger partial charge in [-0.2, -0.15) is 0 Å². The number of nitrogen functional groups attached to an aromatic ring is 1. The summed E-state index contributed by atoms with van der Waals surface area (Å²) in [6, 6.07) is 7.56. The van der Waals surface area contributed by atoms with Crippen molar-refractivity contribution in [2.24, 2.45) is 5.41 Å². The predicted molar refractivity (Wildman–Crippen MR) is 71.5 cm³/mol. The quantitative estimate of drug-likeness (QED) is 0.787. The molecule has 0 bridgehead atoms. The molecule has 1 amide bonds. The number of rotatable bonds is 4. The van der Waals surface area contributed by atoms with E-state index in [2.05, 4.69) is 5.32 Å². The van der Waals surface area contributed by atoms with Crippen LogP contribution in [0.1, 0.15) is 45.7 Å². The molecule has 1 aromatic carbocycles. The van der Waals surface area contributed by atoms with Crippen LogP contribution in [-0.4, -0.2) is 5.91 Å². The van der Waals surface area contributed by atoms with Gasteiger partial charge in [-0.1, -0.05) is 39.0 Å². The van der Waals surface area contributed by atoms with Crippen molar-refractivity contribution in [1.82, 2.24) is 5.32 Å². The SMILES string of the molecule is CCC(C)(C)C(=O)NC(C)c1ccccc1N. The molecule has 0 fully saturated rings. The number of carbonyl (C=O) groups excluding carboxylic acids is 1. The Morgan fingerprint density at radius 2 is 2.00 bits per heavy atom. The van der Waals surface area contributed by atoms with Crippen LogP contribution in [-0.2, 0) is 4.79 Å². The third kappa shape index (κ3) is 3.22. The molecule has 0 saturated carbocycles. The molecule has 17 heavy (non-hydrogen) atoms. The van der Waals surface area contributed by atoms with Crippen LogP contribution >= 0.6 is 0 Å². The van der Waals surface area contributed by atoms with Crippen LogP contribution in [0, 0.1) is 5.41 Å². The number of benzene rings is 1. The molecule has 3 nitrogen and oxygen atoms in total. The summed E-state index contributed by atoms with van der Waals surface area (Å²) in [5.74, 6) is 0.0655. The molecule has 1 unspecified atom stereocenters. The second-order valence-corrected chi connectivity index (χ2v) is 5.06. The highest BCUT2D eigenvalue weighted by atomic mass is 16.2. The Morgan fingerprint density at radius 1 is 1.41 bits per heavy atom. The monoisotopic (exact) mass is 234 g/mol. The van der Waals surface area contributed by atoms with Gasteiger partial charge in [-0.15, -0.1) is 0 Å². The summed E-state index contributed by atoms with van der Waals surface area (Å²) >= 11 is 0. The molecule has 0 spiro atoms. The van der Waals surface area contributed by atoms with Gasteiger partial charge in [0.05, 0.1) is 6.04 Å². The van der Waals surface area contributed by atoms with Crippen molar-refractivity contribution in [3.05, 3.63) is 29.8 Å². The molecule has 0 aliphatic heterocycles. The lowest BCUT2D eigenvalue weighted by atomic mass is 9.88. The molecule has 94 valence electrons. The minimum atomic E-state index is -0.336. The molecule has 3 heteroatoms. The third-order valence-electron chi connectivity index (χ3n) is 3.31. The zero-order valence-electron chi connectivity index (χ0n) is 11.1. The standard InChI is InChI=1S/C14H22N2O/c1-5-14(3,4)13(17)16-10(2)11-8-6-7-9-12(11)15/h6-10H,5,15H2,1-4H3,(H,16,17). The predicted octanol–water partition coefficient (Wildman–Crippen LogP) is 2.88. The Balaban J connectivity index is 2.77. The number of amides is 1. The number of para-hydroxylation sites is 1. The summed E-state index contributed by atoms with van der Waals surface area (Å²) in [4.78, 5) is 12.0. The number of anilines is 1. The fraction of sp³-hybridized carbons (Fsp3) is 0.500. The number of carbonyl (C=O) groups is 1. The largest absolute Gasteiger partial charge is 0.398 e. The number of hydrogen-bond acceptors (Lipinski definition) is 2. The number of nitrogens with one attached hydrogen (secondary N) is 1. The van der Waals surface area contributed by atoms with E-state index in [4.69, 9.17) is 5.73 Å². The fourth-order valence-corrected chi connectivity index (χ4v) is 1.54. The van der Waals surface area contributed by atoms with E-state index >= 15 is 0 Å². The van der Waals surface area contributed by atoms with Gasteiger partial charge < -0.3 is 11.1 Å². The van der Waals surface area contributed by atoms with Crippen molar-refractivity contribution in [2.45, 2.75) is 40.2 Å². The lowest BCUT2D eigenvalue weighted by Crippen LogP contribution is -2.38. The van der Waals surface area contributed by atoms with E-state index < -0.39 is 0 Å². The van der Waals surface area contributed by atoms with Crippen molar-refractivity contribution in [2.75, 3.05) is 5.73 Å². The lowest BCUT2D eigenvalue weighted by molar-refractivity contribution is -0.130. The Labute approximate surface area is 103 Å². The fourth-order valence-electron chi connectivity index (χ4n) is 1.54. The Hall–Kier alpha value is -1.51. The first kappa shape index (κ1) is 13.6. The van der Waals surface area contributed by atoms with Gasteiger partial charge in [0.1, 0.15) is 0 Å². The van der Waals surface area contributed by atoms with Crippen LogP contribution in [0.2, 0.25) is 0 Å². The Kier molecular flexibility index (Phi) is 4.16. The first-order valence-electron chi connectivity index (χ1n) is 6.04. The van der Waals surface area contributed by atoms with E-state index in [0.717, 1.165) is 17.7 Å². The summed E-state index contributed by atoms with van der Waals surface area (Å²) in [5, 5.41) is 3.01. The van der Waals surface area contributed by atoms with E-state index in [-0.39, 0.29) is 17.4 Å². The normalized spacial score (nSPS) is 13.2. The van der Waals surface area contributed by atoms with E-state index in [1.807, 2.05) is 52.0 Å². The number of nitrogens with two attached hydrogens (primary N) is 1. The molecule has 0 heterocycles. The molecule has 1 atom stereocenters. The highest BCUT2D eigenvalue weighted by Gasteiger charge is 2.26. The topological polar surface area (TPSA) is 55.1 Å². The molecule has 1 aromatic rings. The smallest absolute Gasteiger partial charge is 0.226 e. The Morgan fingerprint density at radius 3 is 2.53 bits per heavy atom. The van der Waals surface area contributed by atoms with Crippen molar-refractivity contribution in [1.29, 1.82) is 0 Å². The van der Waals surface area contributed by atoms with Crippen molar-refractivity contribution >= 4 is 11.6 Å². The van der Waals surface area contributed by atoms with Crippen LogP contribution < -0.4 is 11.1 Å². The van der Waals surface area contributed by atoms with Gasteiger partial charge in [0.15, 0.2) is 0 Å². The van der Waals surface area contributed by atoms with Gasteiger partial charge in [-0.05, 0) is 25.0 Å². The zero-order chi connectivity index (χ0) is 13.1. The van der Waals surface area contributed by atoms with E-state index in [1.165, 1.54) is 0 Å². The molecule has 0 aliphatic rings. The van der Waals surface area contributed by atoms with Crippen molar-refractivity contribution in [3.8, 4) is 0 Å². The van der Waals surface area contributed by atoms with E-state index in [1.54, 1.807) is 0 Å². The molecule has 1 rings (SSSR count). The average Bonchev–Trinajstić information content (AvgIpc) is 2.29. The molecule has 0 saturated heterocycles. The highest BCUT2D eigenvalue weighted by Crippen LogP contribution is 2.24. The maximum atomic E-state index is 12.0. The van der Waals surface area contributed by atoms with Crippen LogP contribution in [0.25, 0.3) is 0 Å². The first-order valence-corrected chi connectivity index (χ1v) is 6.04. The minimum Gasteiger partial charge on any atom is -0.398 e. The first-order chi connectivity index (χ1) is 7.88. The van der Waals surface area contributed by atoms with E-state index in [9.17, 15) is 4.79 Å². The Bertz CT molecular complexity index is 399. The maximum absolute atomic E-state index is 12.0. The average molecular weight is 234 g/mol. The summed E-state index contributed by atoms with van der Waals surface area (Å²) in [6.07, 6.45) is 0.815. The summed E-state index contributed by atoms with van der Waals surface area (Å²) in [5.41, 5.74) is 7.23. The van der Waals surface area contributed by atoms with Gasteiger partial charge in [0, 0.05) is 11.1 Å². The zero-order valence-corrected chi connectivity index (χ0v) is 11.1. The summed E-state index contributed by atoms with van der Waals surface area (Å²) in [6.45, 7) is 7.86. The minimum absolute atomic E-state index is 0.0606. The molecular formula is C14H22N2O. The van der Waals surface area contributed by atoms with Crippen molar-refractivity contribution < 1.29 is 4.79 Å².